The van der Waals surface area contributed by atoms with E-state index >= 15 is 0 Å². The van der Waals surface area contributed by atoms with Gasteiger partial charge in [-0.15, -0.1) is 0 Å². The molecule has 0 unspecified atom stereocenters. The Morgan fingerprint density at radius 1 is 1.20 bits per heavy atom. The van der Waals surface area contributed by atoms with Crippen LogP contribution in [0.5, 0.6) is 0 Å². The molecule has 1 aromatic carbocycles. The third-order valence-electron chi connectivity index (χ3n) is 3.84. The van der Waals surface area contributed by atoms with Gasteiger partial charge in [0.05, 0.1) is 6.54 Å². The predicted octanol–water partition coefficient (Wildman–Crippen LogP) is 2.78. The van der Waals surface area contributed by atoms with Gasteiger partial charge in [-0.05, 0) is 56.6 Å². The van der Waals surface area contributed by atoms with Crippen LogP contribution in [0.25, 0.3) is 0 Å². The van der Waals surface area contributed by atoms with E-state index in [2.05, 4.69) is 10.2 Å². The molecule has 0 bridgehead atoms. The van der Waals surface area contributed by atoms with Gasteiger partial charge in [-0.2, -0.15) is 0 Å². The van der Waals surface area contributed by atoms with Gasteiger partial charge >= 0.3 is 0 Å². The van der Waals surface area contributed by atoms with E-state index in [1.54, 1.807) is 0 Å². The normalized spacial score (nSPS) is 17.2. The van der Waals surface area contributed by atoms with Crippen LogP contribution in [0.4, 0.5) is 11.4 Å². The smallest absolute Gasteiger partial charge is 0.238 e. The minimum atomic E-state index is 0.0680. The molecule has 4 nitrogen and oxygen atoms in total. The number of carbonyl (C=O) groups is 1. The number of benzene rings is 1. The molecule has 110 valence electrons. The van der Waals surface area contributed by atoms with Gasteiger partial charge in [-0.25, -0.2) is 0 Å². The molecule has 1 fully saturated rings. The lowest BCUT2D eigenvalue weighted by atomic mass is 10.1. The number of nitrogens with two attached hydrogens (primary N) is 1. The maximum absolute atomic E-state index is 12.1. The largest absolute Gasteiger partial charge is 0.399 e. The number of hydrogen-bond acceptors (Lipinski definition) is 3. The molecule has 0 saturated carbocycles. The molecule has 2 rings (SSSR count). The van der Waals surface area contributed by atoms with Gasteiger partial charge in [0.1, 0.15) is 0 Å². The van der Waals surface area contributed by atoms with Crippen LogP contribution in [0.1, 0.15) is 37.7 Å². The van der Waals surface area contributed by atoms with Crippen molar-refractivity contribution in [1.82, 2.24) is 4.90 Å². The van der Waals surface area contributed by atoms with Crippen LogP contribution in [0.2, 0.25) is 0 Å². The average molecular weight is 275 g/mol. The van der Waals surface area contributed by atoms with Gasteiger partial charge in [0.25, 0.3) is 0 Å². The van der Waals surface area contributed by atoms with Crippen LogP contribution in [-0.4, -0.2) is 30.4 Å². The van der Waals surface area contributed by atoms with E-state index in [1.165, 1.54) is 32.1 Å². The number of amides is 1. The standard InChI is InChI=1S/C16H25N3O/c1-13-11-14(17)7-8-15(13)18-16(20)12-19-9-5-3-2-4-6-10-19/h7-8,11H,2-6,9-10,12,17H2,1H3,(H,18,20). The first-order chi connectivity index (χ1) is 9.65. The Labute approximate surface area is 121 Å². The van der Waals surface area contributed by atoms with Crippen molar-refractivity contribution >= 4 is 17.3 Å². The predicted molar refractivity (Wildman–Crippen MR) is 83.7 cm³/mol. The first-order valence-electron chi connectivity index (χ1n) is 7.53. The average Bonchev–Trinajstić information content (AvgIpc) is 2.36. The van der Waals surface area contributed by atoms with Crippen molar-refractivity contribution in [2.24, 2.45) is 0 Å². The van der Waals surface area contributed by atoms with Crippen LogP contribution in [0.3, 0.4) is 0 Å². The Morgan fingerprint density at radius 2 is 1.85 bits per heavy atom. The maximum Gasteiger partial charge on any atom is 0.238 e. The second-order valence-electron chi connectivity index (χ2n) is 5.67. The summed E-state index contributed by atoms with van der Waals surface area (Å²) < 4.78 is 0. The van der Waals surface area contributed by atoms with Gasteiger partial charge in [0.2, 0.25) is 5.91 Å². The minimum absolute atomic E-state index is 0.0680. The topological polar surface area (TPSA) is 58.4 Å². The fraction of sp³-hybridized carbons (Fsp3) is 0.562. The van der Waals surface area contributed by atoms with E-state index in [1.807, 2.05) is 25.1 Å². The first-order valence-corrected chi connectivity index (χ1v) is 7.53. The van der Waals surface area contributed by atoms with Crippen molar-refractivity contribution < 1.29 is 4.79 Å². The second-order valence-corrected chi connectivity index (χ2v) is 5.67. The molecule has 0 aliphatic carbocycles. The van der Waals surface area contributed by atoms with E-state index in [9.17, 15) is 4.79 Å². The van der Waals surface area contributed by atoms with E-state index in [-0.39, 0.29) is 5.91 Å². The fourth-order valence-corrected chi connectivity index (χ4v) is 2.69. The highest BCUT2D eigenvalue weighted by molar-refractivity contribution is 5.93. The van der Waals surface area contributed by atoms with Gasteiger partial charge in [0.15, 0.2) is 0 Å². The molecule has 1 saturated heterocycles. The molecule has 0 radical (unpaired) electrons. The number of anilines is 2. The first kappa shape index (κ1) is 14.9. The molecular formula is C16H25N3O. The molecule has 1 heterocycles. The SMILES string of the molecule is Cc1cc(N)ccc1NC(=O)CN1CCCCCCC1. The summed E-state index contributed by atoms with van der Waals surface area (Å²) in [7, 11) is 0. The van der Waals surface area contributed by atoms with Crippen LogP contribution in [0, 0.1) is 6.92 Å². The highest BCUT2D eigenvalue weighted by Gasteiger charge is 2.13. The molecule has 1 aromatic rings. The summed E-state index contributed by atoms with van der Waals surface area (Å²) in [5.41, 5.74) is 8.31. The second kappa shape index (κ2) is 7.29. The van der Waals surface area contributed by atoms with Crippen molar-refractivity contribution in [3.63, 3.8) is 0 Å². The zero-order valence-electron chi connectivity index (χ0n) is 12.3. The molecule has 0 atom stereocenters. The number of nitrogens with one attached hydrogen (secondary N) is 1. The van der Waals surface area contributed by atoms with E-state index in [4.69, 9.17) is 5.73 Å². The maximum atomic E-state index is 12.1. The molecule has 0 spiro atoms. The summed E-state index contributed by atoms with van der Waals surface area (Å²) in [6.45, 7) is 4.52. The molecule has 1 aliphatic rings. The van der Waals surface area contributed by atoms with Gasteiger partial charge in [0, 0.05) is 11.4 Å². The van der Waals surface area contributed by atoms with E-state index < -0.39 is 0 Å². The number of carbonyl (C=O) groups excluding carboxylic acids is 1. The zero-order chi connectivity index (χ0) is 14.4. The lowest BCUT2D eigenvalue weighted by molar-refractivity contribution is -0.117. The van der Waals surface area contributed by atoms with Crippen molar-refractivity contribution in [3.05, 3.63) is 23.8 Å². The monoisotopic (exact) mass is 275 g/mol. The lowest BCUT2D eigenvalue weighted by Crippen LogP contribution is -2.35. The Bertz CT molecular complexity index is 451. The van der Waals surface area contributed by atoms with Crippen molar-refractivity contribution in [2.45, 2.75) is 39.0 Å². The lowest BCUT2D eigenvalue weighted by Gasteiger charge is -2.24. The molecule has 1 aliphatic heterocycles. The van der Waals surface area contributed by atoms with E-state index in [0.717, 1.165) is 30.0 Å². The summed E-state index contributed by atoms with van der Waals surface area (Å²) in [6, 6.07) is 5.57. The summed E-state index contributed by atoms with van der Waals surface area (Å²) in [6.07, 6.45) is 6.32. The zero-order valence-corrected chi connectivity index (χ0v) is 12.3. The summed E-state index contributed by atoms with van der Waals surface area (Å²) >= 11 is 0. The molecule has 20 heavy (non-hydrogen) atoms. The summed E-state index contributed by atoms with van der Waals surface area (Å²) in [5, 5.41) is 2.98. The van der Waals surface area contributed by atoms with Crippen molar-refractivity contribution in [3.8, 4) is 0 Å². The number of aryl methyl sites for hydroxylation is 1. The van der Waals surface area contributed by atoms with Crippen LogP contribution in [-0.2, 0) is 4.79 Å². The quantitative estimate of drug-likeness (QED) is 0.834. The van der Waals surface area contributed by atoms with Gasteiger partial charge in [-0.1, -0.05) is 19.3 Å². The summed E-state index contributed by atoms with van der Waals surface area (Å²) in [5.74, 6) is 0.0680. The molecular weight excluding hydrogens is 250 g/mol. The van der Waals surface area contributed by atoms with E-state index in [0.29, 0.717) is 6.54 Å². The highest BCUT2D eigenvalue weighted by atomic mass is 16.2. The van der Waals surface area contributed by atoms with Crippen molar-refractivity contribution in [1.29, 1.82) is 0 Å². The van der Waals surface area contributed by atoms with Gasteiger partial charge in [-0.3, -0.25) is 9.69 Å². The number of nitrogen functional groups attached to an aromatic ring is 1. The number of hydrogen-bond donors (Lipinski definition) is 2. The third kappa shape index (κ3) is 4.53. The number of likely N-dealkylation sites (tertiary alicyclic amines) is 1. The fourth-order valence-electron chi connectivity index (χ4n) is 2.69. The number of rotatable bonds is 3. The Balaban J connectivity index is 1.87. The van der Waals surface area contributed by atoms with Gasteiger partial charge < -0.3 is 11.1 Å². The highest BCUT2D eigenvalue weighted by Crippen LogP contribution is 2.17. The molecule has 4 heteroatoms. The third-order valence-corrected chi connectivity index (χ3v) is 3.84. The Kier molecular flexibility index (Phi) is 5.41. The Hall–Kier alpha value is -1.55. The van der Waals surface area contributed by atoms with Crippen LogP contribution in [0.15, 0.2) is 18.2 Å². The molecule has 0 aromatic heterocycles. The number of nitrogens with zero attached hydrogens (tertiary/aromatic N) is 1. The minimum Gasteiger partial charge on any atom is -0.399 e. The van der Waals surface area contributed by atoms with Crippen LogP contribution < -0.4 is 11.1 Å². The van der Waals surface area contributed by atoms with Crippen molar-refractivity contribution in [2.75, 3.05) is 30.7 Å². The molecule has 1 amide bonds. The molecule has 3 N–H and O–H groups in total. The summed E-state index contributed by atoms with van der Waals surface area (Å²) in [4.78, 5) is 14.4. The Morgan fingerprint density at radius 3 is 2.50 bits per heavy atom. The van der Waals surface area contributed by atoms with Crippen LogP contribution >= 0.6 is 0 Å².